The molecule has 38 valence electrons. The van der Waals surface area contributed by atoms with Crippen LogP contribution in [0, 0.1) is 12.5 Å². The first kappa shape index (κ1) is 6.10. The van der Waals surface area contributed by atoms with Crippen molar-refractivity contribution in [2.75, 3.05) is 13.6 Å². The maximum Gasteiger partial charge on any atom is 0.0435 e. The number of hydrogen-bond donors (Lipinski definition) is 0. The SMILES string of the molecule is C#CN(C)CC=C. The molecule has 0 fully saturated rings. The molecule has 0 aromatic rings. The highest BCUT2D eigenvalue weighted by Crippen LogP contribution is 1.73. The fourth-order valence-corrected chi connectivity index (χ4v) is 0.246. The van der Waals surface area contributed by atoms with Crippen LogP contribution in [0.25, 0.3) is 0 Å². The Hall–Kier alpha value is -0.900. The van der Waals surface area contributed by atoms with Crippen molar-refractivity contribution in [3.63, 3.8) is 0 Å². The minimum absolute atomic E-state index is 0.760. The zero-order valence-electron chi connectivity index (χ0n) is 4.52. The van der Waals surface area contributed by atoms with Gasteiger partial charge < -0.3 is 4.90 Å². The van der Waals surface area contributed by atoms with Crippen LogP contribution in [0.2, 0.25) is 0 Å². The van der Waals surface area contributed by atoms with E-state index in [4.69, 9.17) is 6.42 Å². The lowest BCUT2D eigenvalue weighted by Crippen LogP contribution is -2.09. The predicted molar refractivity (Wildman–Crippen MR) is 31.7 cm³/mol. The van der Waals surface area contributed by atoms with E-state index in [-0.39, 0.29) is 0 Å². The Morgan fingerprint density at radius 1 is 2.00 bits per heavy atom. The van der Waals surface area contributed by atoms with Crippen LogP contribution in [0.5, 0.6) is 0 Å². The average molecular weight is 95.1 g/mol. The molecule has 0 aliphatic heterocycles. The summed E-state index contributed by atoms with van der Waals surface area (Å²) in [5.41, 5.74) is 0. The molecule has 0 spiro atoms. The molecule has 0 aromatic heterocycles. The largest absolute Gasteiger partial charge is 0.332 e. The second-order valence-corrected chi connectivity index (χ2v) is 1.30. The summed E-state index contributed by atoms with van der Waals surface area (Å²) in [5.74, 6) is 0. The summed E-state index contributed by atoms with van der Waals surface area (Å²) in [6, 6.07) is 2.43. The first-order chi connectivity index (χ1) is 3.31. The van der Waals surface area contributed by atoms with Crippen molar-refractivity contribution >= 4 is 0 Å². The first-order valence-corrected chi connectivity index (χ1v) is 2.09. The highest BCUT2D eigenvalue weighted by atomic mass is 15.1. The molecule has 0 bridgehead atoms. The van der Waals surface area contributed by atoms with E-state index in [0.717, 1.165) is 6.54 Å². The van der Waals surface area contributed by atoms with Crippen LogP contribution in [0.15, 0.2) is 12.7 Å². The quantitative estimate of drug-likeness (QED) is 0.277. The average Bonchev–Trinajstić information content (AvgIpc) is 1.68. The Balaban J connectivity index is 3.21. The molecule has 1 heteroatoms. The van der Waals surface area contributed by atoms with Gasteiger partial charge in [0.25, 0.3) is 0 Å². The molecular formula is C6H9N. The molecule has 1 nitrogen and oxygen atoms in total. The standard InChI is InChI=1S/C6H9N/c1-4-6-7(3)5-2/h2,4H,1,6H2,3H3. The van der Waals surface area contributed by atoms with Crippen molar-refractivity contribution in [3.8, 4) is 12.5 Å². The highest BCUT2D eigenvalue weighted by Gasteiger charge is 1.78. The number of nitrogens with zero attached hydrogens (tertiary/aromatic N) is 1. The Morgan fingerprint density at radius 3 is 2.71 bits per heavy atom. The van der Waals surface area contributed by atoms with E-state index in [9.17, 15) is 0 Å². The topological polar surface area (TPSA) is 3.24 Å². The van der Waals surface area contributed by atoms with E-state index in [2.05, 4.69) is 12.6 Å². The Labute approximate surface area is 44.6 Å². The maximum atomic E-state index is 4.99. The summed E-state index contributed by atoms with van der Waals surface area (Å²) in [5, 5.41) is 0. The van der Waals surface area contributed by atoms with Crippen molar-refractivity contribution in [1.29, 1.82) is 0 Å². The molecule has 0 aliphatic rings. The summed E-state index contributed by atoms with van der Waals surface area (Å²) in [6.07, 6.45) is 6.75. The molecule has 0 rings (SSSR count). The van der Waals surface area contributed by atoms with Crippen molar-refractivity contribution in [3.05, 3.63) is 12.7 Å². The molecule has 0 heterocycles. The van der Waals surface area contributed by atoms with Gasteiger partial charge in [0.15, 0.2) is 0 Å². The van der Waals surface area contributed by atoms with E-state index in [1.807, 2.05) is 7.05 Å². The van der Waals surface area contributed by atoms with Gasteiger partial charge in [-0.15, -0.1) is 6.58 Å². The van der Waals surface area contributed by atoms with E-state index in [1.165, 1.54) is 0 Å². The van der Waals surface area contributed by atoms with Gasteiger partial charge in [-0.1, -0.05) is 12.5 Å². The normalized spacial score (nSPS) is 6.86. The van der Waals surface area contributed by atoms with Gasteiger partial charge >= 0.3 is 0 Å². The molecule has 0 saturated carbocycles. The van der Waals surface area contributed by atoms with Gasteiger partial charge in [0.1, 0.15) is 0 Å². The minimum atomic E-state index is 0.760. The smallest absolute Gasteiger partial charge is 0.0435 e. The zero-order chi connectivity index (χ0) is 5.70. The van der Waals surface area contributed by atoms with Crippen molar-refractivity contribution < 1.29 is 0 Å². The van der Waals surface area contributed by atoms with Gasteiger partial charge in [-0.3, -0.25) is 0 Å². The second kappa shape index (κ2) is 3.30. The van der Waals surface area contributed by atoms with E-state index in [0.29, 0.717) is 0 Å². The second-order valence-electron chi connectivity index (χ2n) is 1.30. The van der Waals surface area contributed by atoms with Crippen molar-refractivity contribution in [1.82, 2.24) is 4.90 Å². The van der Waals surface area contributed by atoms with Crippen LogP contribution in [0.1, 0.15) is 0 Å². The van der Waals surface area contributed by atoms with Crippen LogP contribution >= 0.6 is 0 Å². The third-order valence-electron chi connectivity index (χ3n) is 0.623. The molecule has 0 N–H and O–H groups in total. The van der Waals surface area contributed by atoms with Crippen LogP contribution < -0.4 is 0 Å². The molecule has 0 aliphatic carbocycles. The molecule has 0 saturated heterocycles. The summed E-state index contributed by atoms with van der Waals surface area (Å²) in [6.45, 7) is 4.27. The van der Waals surface area contributed by atoms with Crippen LogP contribution in [0.4, 0.5) is 0 Å². The fourth-order valence-electron chi connectivity index (χ4n) is 0.246. The summed E-state index contributed by atoms with van der Waals surface area (Å²) in [7, 11) is 1.84. The monoisotopic (exact) mass is 95.1 g/mol. The molecular weight excluding hydrogens is 86.1 g/mol. The lowest BCUT2D eigenvalue weighted by atomic mass is 10.6. The fraction of sp³-hybridized carbons (Fsp3) is 0.333. The van der Waals surface area contributed by atoms with Crippen LogP contribution in [-0.4, -0.2) is 18.5 Å². The summed E-state index contributed by atoms with van der Waals surface area (Å²) >= 11 is 0. The van der Waals surface area contributed by atoms with Gasteiger partial charge in [-0.05, 0) is 0 Å². The lowest BCUT2D eigenvalue weighted by molar-refractivity contribution is 0.541. The molecule has 0 aromatic carbocycles. The summed E-state index contributed by atoms with van der Waals surface area (Å²) in [4.78, 5) is 1.72. The Kier molecular flexibility index (Phi) is 2.87. The maximum absolute atomic E-state index is 4.99. The van der Waals surface area contributed by atoms with Gasteiger partial charge in [-0.2, -0.15) is 0 Å². The minimum Gasteiger partial charge on any atom is -0.332 e. The number of hydrogen-bond acceptors (Lipinski definition) is 1. The molecule has 0 unspecified atom stereocenters. The van der Waals surface area contributed by atoms with Gasteiger partial charge in [0.05, 0.1) is 0 Å². The lowest BCUT2D eigenvalue weighted by Gasteiger charge is -2.03. The van der Waals surface area contributed by atoms with Gasteiger partial charge in [0, 0.05) is 19.6 Å². The van der Waals surface area contributed by atoms with Crippen molar-refractivity contribution in [2.24, 2.45) is 0 Å². The van der Waals surface area contributed by atoms with Gasteiger partial charge in [0.2, 0.25) is 0 Å². The highest BCUT2D eigenvalue weighted by molar-refractivity contribution is 4.86. The Morgan fingerprint density at radius 2 is 2.57 bits per heavy atom. The van der Waals surface area contributed by atoms with Gasteiger partial charge in [-0.25, -0.2) is 0 Å². The van der Waals surface area contributed by atoms with Crippen LogP contribution in [-0.2, 0) is 0 Å². The van der Waals surface area contributed by atoms with E-state index in [1.54, 1.807) is 11.0 Å². The third kappa shape index (κ3) is 2.92. The number of terminal acetylenes is 1. The number of rotatable bonds is 2. The zero-order valence-corrected chi connectivity index (χ0v) is 4.52. The first-order valence-electron chi connectivity index (χ1n) is 2.09. The summed E-state index contributed by atoms with van der Waals surface area (Å²) < 4.78 is 0. The van der Waals surface area contributed by atoms with E-state index < -0.39 is 0 Å². The molecule has 7 heavy (non-hydrogen) atoms. The van der Waals surface area contributed by atoms with E-state index >= 15 is 0 Å². The Bertz CT molecular complexity index is 88.8. The third-order valence-corrected chi connectivity index (χ3v) is 0.623. The van der Waals surface area contributed by atoms with Crippen molar-refractivity contribution in [2.45, 2.75) is 0 Å². The number of likely N-dealkylation sites (N-methyl/N-ethyl adjacent to an activating group) is 1. The molecule has 0 atom stereocenters. The van der Waals surface area contributed by atoms with Crippen LogP contribution in [0.3, 0.4) is 0 Å². The predicted octanol–water partition coefficient (Wildman–Crippen LogP) is 0.695. The molecule has 0 radical (unpaired) electrons. The molecule has 0 amide bonds.